The summed E-state index contributed by atoms with van der Waals surface area (Å²) in [4.78, 5) is 0. The minimum atomic E-state index is 0.212. The van der Waals surface area contributed by atoms with Gasteiger partial charge in [0.1, 0.15) is 5.75 Å². The van der Waals surface area contributed by atoms with Crippen LogP contribution in [0, 0.1) is 0 Å². The SMILES string of the molecule is COc1ccc(Br)cc1CN[C@H](C)CCO. The molecule has 1 atom stereocenters. The van der Waals surface area contributed by atoms with E-state index in [0.717, 1.165) is 28.8 Å². The standard InChI is InChI=1S/C12H18BrNO2/c1-9(5-6-15)14-8-10-7-11(13)3-4-12(10)16-2/h3-4,7,9,14-15H,5-6,8H2,1-2H3/t9-/m1/s1. The van der Waals surface area contributed by atoms with Crippen molar-refractivity contribution in [2.24, 2.45) is 0 Å². The normalized spacial score (nSPS) is 12.5. The summed E-state index contributed by atoms with van der Waals surface area (Å²) in [6.45, 7) is 3.01. The van der Waals surface area contributed by atoms with Crippen LogP contribution >= 0.6 is 15.9 Å². The molecular weight excluding hydrogens is 270 g/mol. The van der Waals surface area contributed by atoms with Crippen molar-refractivity contribution >= 4 is 15.9 Å². The van der Waals surface area contributed by atoms with Crippen molar-refractivity contribution in [3.05, 3.63) is 28.2 Å². The Hall–Kier alpha value is -0.580. The second-order valence-electron chi connectivity index (χ2n) is 3.75. The first-order valence-electron chi connectivity index (χ1n) is 5.34. The maximum absolute atomic E-state index is 8.81. The summed E-state index contributed by atoms with van der Waals surface area (Å²) in [6, 6.07) is 6.24. The van der Waals surface area contributed by atoms with Gasteiger partial charge < -0.3 is 15.2 Å². The zero-order chi connectivity index (χ0) is 12.0. The highest BCUT2D eigenvalue weighted by molar-refractivity contribution is 9.10. The predicted molar refractivity (Wildman–Crippen MR) is 68.7 cm³/mol. The molecule has 0 amide bonds. The number of aliphatic hydroxyl groups excluding tert-OH is 1. The van der Waals surface area contributed by atoms with E-state index in [9.17, 15) is 0 Å². The zero-order valence-corrected chi connectivity index (χ0v) is 11.3. The van der Waals surface area contributed by atoms with Crippen LogP contribution < -0.4 is 10.1 Å². The number of rotatable bonds is 6. The van der Waals surface area contributed by atoms with Crippen LogP contribution in [0.25, 0.3) is 0 Å². The Morgan fingerprint density at radius 3 is 2.88 bits per heavy atom. The number of nitrogens with one attached hydrogen (secondary N) is 1. The Morgan fingerprint density at radius 1 is 1.50 bits per heavy atom. The van der Waals surface area contributed by atoms with Gasteiger partial charge in [0.2, 0.25) is 0 Å². The topological polar surface area (TPSA) is 41.5 Å². The van der Waals surface area contributed by atoms with Gasteiger partial charge in [-0.3, -0.25) is 0 Å². The van der Waals surface area contributed by atoms with Gasteiger partial charge in [0.25, 0.3) is 0 Å². The van der Waals surface area contributed by atoms with Crippen molar-refractivity contribution in [3.63, 3.8) is 0 Å². The van der Waals surface area contributed by atoms with Crippen molar-refractivity contribution in [1.29, 1.82) is 0 Å². The van der Waals surface area contributed by atoms with Gasteiger partial charge in [0.15, 0.2) is 0 Å². The van der Waals surface area contributed by atoms with Crippen LogP contribution in [0.5, 0.6) is 5.75 Å². The van der Waals surface area contributed by atoms with Gasteiger partial charge in [0, 0.05) is 29.2 Å². The summed E-state index contributed by atoms with van der Waals surface area (Å²) in [7, 11) is 1.67. The van der Waals surface area contributed by atoms with E-state index in [4.69, 9.17) is 9.84 Å². The number of ether oxygens (including phenoxy) is 1. The van der Waals surface area contributed by atoms with E-state index < -0.39 is 0 Å². The van der Waals surface area contributed by atoms with Gasteiger partial charge >= 0.3 is 0 Å². The van der Waals surface area contributed by atoms with Crippen LogP contribution in [0.4, 0.5) is 0 Å². The van der Waals surface area contributed by atoms with Crippen molar-refractivity contribution in [1.82, 2.24) is 5.32 Å². The molecule has 16 heavy (non-hydrogen) atoms. The average molecular weight is 288 g/mol. The lowest BCUT2D eigenvalue weighted by atomic mass is 10.1. The Morgan fingerprint density at radius 2 is 2.25 bits per heavy atom. The molecule has 1 rings (SSSR count). The van der Waals surface area contributed by atoms with Crippen molar-refractivity contribution in [2.45, 2.75) is 25.9 Å². The lowest BCUT2D eigenvalue weighted by Gasteiger charge is -2.14. The number of benzene rings is 1. The van der Waals surface area contributed by atoms with E-state index in [1.54, 1.807) is 7.11 Å². The molecule has 1 aromatic carbocycles. The Labute approximate surface area is 105 Å². The third kappa shape index (κ3) is 4.12. The molecule has 0 aromatic heterocycles. The van der Waals surface area contributed by atoms with Crippen LogP contribution in [-0.2, 0) is 6.54 Å². The summed E-state index contributed by atoms with van der Waals surface area (Å²) in [5.74, 6) is 0.881. The van der Waals surface area contributed by atoms with Gasteiger partial charge in [-0.1, -0.05) is 15.9 Å². The van der Waals surface area contributed by atoms with Gasteiger partial charge in [0.05, 0.1) is 7.11 Å². The fourth-order valence-electron chi connectivity index (χ4n) is 1.47. The molecule has 0 saturated carbocycles. The Balaban J connectivity index is 2.61. The molecule has 0 bridgehead atoms. The summed E-state index contributed by atoms with van der Waals surface area (Å²) in [6.07, 6.45) is 0.760. The Bertz CT molecular complexity index is 331. The van der Waals surface area contributed by atoms with Crippen LogP contribution in [0.2, 0.25) is 0 Å². The highest BCUT2D eigenvalue weighted by atomic mass is 79.9. The highest BCUT2D eigenvalue weighted by Gasteiger charge is 2.05. The minimum absolute atomic E-state index is 0.212. The lowest BCUT2D eigenvalue weighted by molar-refractivity contribution is 0.268. The molecule has 0 radical (unpaired) electrons. The molecule has 1 aromatic rings. The van der Waals surface area contributed by atoms with Gasteiger partial charge in [-0.2, -0.15) is 0 Å². The summed E-state index contributed by atoms with van der Waals surface area (Å²) in [5, 5.41) is 12.1. The maximum Gasteiger partial charge on any atom is 0.123 e. The van der Waals surface area contributed by atoms with E-state index in [-0.39, 0.29) is 6.61 Å². The summed E-state index contributed by atoms with van der Waals surface area (Å²) >= 11 is 3.44. The van der Waals surface area contributed by atoms with Gasteiger partial charge in [-0.25, -0.2) is 0 Å². The van der Waals surface area contributed by atoms with Crippen LogP contribution in [0.3, 0.4) is 0 Å². The molecule has 0 aliphatic heterocycles. The molecule has 0 aliphatic carbocycles. The fourth-order valence-corrected chi connectivity index (χ4v) is 1.87. The molecule has 0 fully saturated rings. The number of halogens is 1. The molecule has 0 aliphatic rings. The van der Waals surface area contributed by atoms with Gasteiger partial charge in [-0.15, -0.1) is 0 Å². The van der Waals surface area contributed by atoms with Crippen molar-refractivity contribution in [3.8, 4) is 5.75 Å². The van der Waals surface area contributed by atoms with Crippen molar-refractivity contribution in [2.75, 3.05) is 13.7 Å². The lowest BCUT2D eigenvalue weighted by Crippen LogP contribution is -2.26. The highest BCUT2D eigenvalue weighted by Crippen LogP contribution is 2.22. The summed E-state index contributed by atoms with van der Waals surface area (Å²) < 4.78 is 6.32. The molecule has 3 nitrogen and oxygen atoms in total. The first-order chi connectivity index (χ1) is 7.67. The third-order valence-corrected chi connectivity index (χ3v) is 2.94. The van der Waals surface area contributed by atoms with Crippen molar-refractivity contribution < 1.29 is 9.84 Å². The average Bonchev–Trinajstić information content (AvgIpc) is 2.27. The maximum atomic E-state index is 8.81. The second kappa shape index (κ2) is 6.89. The van der Waals surface area contributed by atoms with E-state index in [1.807, 2.05) is 18.2 Å². The minimum Gasteiger partial charge on any atom is -0.496 e. The largest absolute Gasteiger partial charge is 0.496 e. The molecular formula is C12H18BrNO2. The van der Waals surface area contributed by atoms with E-state index in [1.165, 1.54) is 0 Å². The molecule has 0 heterocycles. The summed E-state index contributed by atoms with van der Waals surface area (Å²) in [5.41, 5.74) is 1.11. The first kappa shape index (κ1) is 13.5. The van der Waals surface area contributed by atoms with E-state index in [0.29, 0.717) is 6.04 Å². The monoisotopic (exact) mass is 287 g/mol. The zero-order valence-electron chi connectivity index (χ0n) is 9.66. The molecule has 0 saturated heterocycles. The van der Waals surface area contributed by atoms with Crippen LogP contribution in [0.15, 0.2) is 22.7 Å². The van der Waals surface area contributed by atoms with E-state index in [2.05, 4.69) is 28.2 Å². The molecule has 90 valence electrons. The van der Waals surface area contributed by atoms with Crippen LogP contribution in [-0.4, -0.2) is 24.9 Å². The van der Waals surface area contributed by atoms with Gasteiger partial charge in [-0.05, 0) is 31.5 Å². The fraction of sp³-hybridized carbons (Fsp3) is 0.500. The number of hydrogen-bond acceptors (Lipinski definition) is 3. The Kier molecular flexibility index (Phi) is 5.80. The second-order valence-corrected chi connectivity index (χ2v) is 4.67. The smallest absolute Gasteiger partial charge is 0.123 e. The predicted octanol–water partition coefficient (Wildman–Crippen LogP) is 2.32. The quantitative estimate of drug-likeness (QED) is 0.844. The molecule has 0 spiro atoms. The first-order valence-corrected chi connectivity index (χ1v) is 6.13. The van der Waals surface area contributed by atoms with E-state index >= 15 is 0 Å². The number of methoxy groups -OCH3 is 1. The third-order valence-electron chi connectivity index (χ3n) is 2.45. The van der Waals surface area contributed by atoms with Crippen LogP contribution in [0.1, 0.15) is 18.9 Å². The molecule has 4 heteroatoms. The molecule has 0 unspecified atom stereocenters. The number of hydrogen-bond donors (Lipinski definition) is 2. The molecule has 2 N–H and O–H groups in total. The number of aliphatic hydroxyl groups is 1.